The molecule has 104 valence electrons. The molecule has 2 aromatic rings. The van der Waals surface area contributed by atoms with E-state index in [4.69, 9.17) is 0 Å². The predicted octanol–water partition coefficient (Wildman–Crippen LogP) is 3.39. The van der Waals surface area contributed by atoms with Crippen molar-refractivity contribution >= 4 is 5.78 Å². The van der Waals surface area contributed by atoms with Crippen LogP contribution < -0.4 is 0 Å². The summed E-state index contributed by atoms with van der Waals surface area (Å²) in [7, 11) is 0. The van der Waals surface area contributed by atoms with E-state index in [0.29, 0.717) is 6.42 Å². The average molecular weight is 268 g/mol. The van der Waals surface area contributed by atoms with E-state index < -0.39 is 0 Å². The number of hydrogen-bond acceptors (Lipinski definition) is 2. The summed E-state index contributed by atoms with van der Waals surface area (Å²) in [6.45, 7) is 6.99. The molecule has 0 radical (unpaired) electrons. The van der Waals surface area contributed by atoms with Crippen LogP contribution in [0.25, 0.3) is 0 Å². The zero-order valence-corrected chi connectivity index (χ0v) is 12.3. The number of rotatable bonds is 2. The first kappa shape index (κ1) is 13.1. The second-order valence-electron chi connectivity index (χ2n) is 6.49. The van der Waals surface area contributed by atoms with Crippen LogP contribution in [0.5, 0.6) is 0 Å². The third-order valence-electron chi connectivity index (χ3n) is 3.97. The molecule has 0 bridgehead atoms. The minimum Gasteiger partial charge on any atom is -0.294 e. The van der Waals surface area contributed by atoms with Gasteiger partial charge in [0.25, 0.3) is 0 Å². The first-order chi connectivity index (χ1) is 9.46. The fraction of sp³-hybridized carbons (Fsp3) is 0.412. The quantitative estimate of drug-likeness (QED) is 0.836. The Labute approximate surface area is 119 Å². The molecule has 0 atom stereocenters. The average Bonchev–Trinajstić information content (AvgIpc) is 2.65. The summed E-state index contributed by atoms with van der Waals surface area (Å²) in [5, 5.41) is 4.60. The molecule has 0 fully saturated rings. The number of benzene rings is 1. The highest BCUT2D eigenvalue weighted by molar-refractivity contribution is 5.99. The van der Waals surface area contributed by atoms with Crippen LogP contribution >= 0.6 is 0 Å². The van der Waals surface area contributed by atoms with Crippen LogP contribution in [0.1, 0.15) is 47.6 Å². The molecule has 3 nitrogen and oxygen atoms in total. The molecule has 0 spiro atoms. The topological polar surface area (TPSA) is 34.9 Å². The maximum Gasteiger partial charge on any atom is 0.167 e. The Kier molecular flexibility index (Phi) is 3.00. The van der Waals surface area contributed by atoms with Crippen molar-refractivity contribution in [1.29, 1.82) is 0 Å². The highest BCUT2D eigenvalue weighted by Crippen LogP contribution is 2.36. The van der Waals surface area contributed by atoms with Gasteiger partial charge in [0, 0.05) is 6.42 Å². The molecular formula is C17H20N2O. The first-order valence-electron chi connectivity index (χ1n) is 7.10. The molecule has 3 heteroatoms. The smallest absolute Gasteiger partial charge is 0.167 e. The highest BCUT2D eigenvalue weighted by atomic mass is 16.1. The summed E-state index contributed by atoms with van der Waals surface area (Å²) in [5.74, 6) is 0.244. The van der Waals surface area contributed by atoms with Gasteiger partial charge in [0.2, 0.25) is 0 Å². The van der Waals surface area contributed by atoms with Gasteiger partial charge < -0.3 is 0 Å². The van der Waals surface area contributed by atoms with Gasteiger partial charge in [-0.1, -0.05) is 44.2 Å². The summed E-state index contributed by atoms with van der Waals surface area (Å²) in [4.78, 5) is 12.3. The van der Waals surface area contributed by atoms with Crippen LogP contribution in [-0.2, 0) is 13.0 Å². The van der Waals surface area contributed by atoms with E-state index in [9.17, 15) is 4.79 Å². The number of ketones is 1. The molecule has 0 saturated heterocycles. The Morgan fingerprint density at radius 1 is 1.20 bits per heavy atom. The van der Waals surface area contributed by atoms with E-state index >= 15 is 0 Å². The second kappa shape index (κ2) is 4.58. The lowest BCUT2D eigenvalue weighted by molar-refractivity contribution is 0.0909. The lowest BCUT2D eigenvalue weighted by Gasteiger charge is -2.29. The Morgan fingerprint density at radius 2 is 1.90 bits per heavy atom. The van der Waals surface area contributed by atoms with Crippen LogP contribution in [0, 0.1) is 12.3 Å². The fourth-order valence-electron chi connectivity index (χ4n) is 3.10. The molecule has 0 aliphatic heterocycles. The van der Waals surface area contributed by atoms with Crippen LogP contribution in [0.3, 0.4) is 0 Å². The van der Waals surface area contributed by atoms with Crippen molar-refractivity contribution in [3.05, 3.63) is 52.8 Å². The van der Waals surface area contributed by atoms with Gasteiger partial charge in [-0.3, -0.25) is 9.48 Å². The Morgan fingerprint density at radius 3 is 2.60 bits per heavy atom. The number of carbonyl (C=O) groups is 1. The van der Waals surface area contributed by atoms with Crippen molar-refractivity contribution in [3.63, 3.8) is 0 Å². The van der Waals surface area contributed by atoms with Crippen molar-refractivity contribution in [2.45, 2.75) is 40.2 Å². The summed E-state index contributed by atoms with van der Waals surface area (Å²) >= 11 is 0. The number of carbonyl (C=O) groups excluding carboxylic acids is 1. The zero-order chi connectivity index (χ0) is 14.3. The van der Waals surface area contributed by atoms with Crippen LogP contribution in [-0.4, -0.2) is 15.6 Å². The number of Topliss-reactive ketones (excluding diaryl/α,β-unsaturated/α-hetero) is 1. The van der Waals surface area contributed by atoms with Crippen molar-refractivity contribution in [2.75, 3.05) is 0 Å². The first-order valence-corrected chi connectivity index (χ1v) is 7.10. The fourth-order valence-corrected chi connectivity index (χ4v) is 3.10. The molecule has 0 amide bonds. The molecular weight excluding hydrogens is 248 g/mol. The van der Waals surface area contributed by atoms with Gasteiger partial charge in [0.15, 0.2) is 5.78 Å². The SMILES string of the molecule is Cc1nn(Cc2ccccc2)c2c1C(=O)CC(C)(C)C2. The normalized spacial score (nSPS) is 17.1. The molecule has 0 N–H and O–H groups in total. The van der Waals surface area contributed by atoms with Crippen molar-refractivity contribution < 1.29 is 4.79 Å². The van der Waals surface area contributed by atoms with Crippen LogP contribution in [0.2, 0.25) is 0 Å². The van der Waals surface area contributed by atoms with Gasteiger partial charge >= 0.3 is 0 Å². The van der Waals surface area contributed by atoms with E-state index in [1.54, 1.807) is 0 Å². The van der Waals surface area contributed by atoms with Crippen molar-refractivity contribution in [1.82, 2.24) is 9.78 Å². The third-order valence-corrected chi connectivity index (χ3v) is 3.97. The van der Waals surface area contributed by atoms with Gasteiger partial charge in [-0.05, 0) is 24.3 Å². The minimum atomic E-state index is 0.0327. The van der Waals surface area contributed by atoms with E-state index in [1.807, 2.05) is 29.8 Å². The summed E-state index contributed by atoms with van der Waals surface area (Å²) in [5.41, 5.74) is 4.09. The Hall–Kier alpha value is -1.90. The second-order valence-corrected chi connectivity index (χ2v) is 6.49. The maximum absolute atomic E-state index is 12.3. The van der Waals surface area contributed by atoms with E-state index in [1.165, 1.54) is 5.56 Å². The van der Waals surface area contributed by atoms with Gasteiger partial charge in [0.1, 0.15) is 0 Å². The molecule has 0 unspecified atom stereocenters. The highest BCUT2D eigenvalue weighted by Gasteiger charge is 2.35. The van der Waals surface area contributed by atoms with Crippen molar-refractivity contribution in [3.8, 4) is 0 Å². The lowest BCUT2D eigenvalue weighted by atomic mass is 9.75. The van der Waals surface area contributed by atoms with E-state index in [0.717, 1.165) is 29.9 Å². The van der Waals surface area contributed by atoms with Gasteiger partial charge in [-0.25, -0.2) is 0 Å². The third kappa shape index (κ3) is 2.28. The molecule has 0 saturated carbocycles. The summed E-state index contributed by atoms with van der Waals surface area (Å²) in [6.07, 6.45) is 1.54. The van der Waals surface area contributed by atoms with Gasteiger partial charge in [-0.15, -0.1) is 0 Å². The number of aryl methyl sites for hydroxylation is 1. The van der Waals surface area contributed by atoms with E-state index in [2.05, 4.69) is 31.1 Å². The van der Waals surface area contributed by atoms with Crippen LogP contribution in [0.4, 0.5) is 0 Å². The number of aromatic nitrogens is 2. The zero-order valence-electron chi connectivity index (χ0n) is 12.3. The number of nitrogens with zero attached hydrogens (tertiary/aromatic N) is 2. The predicted molar refractivity (Wildman–Crippen MR) is 78.9 cm³/mol. The Balaban J connectivity index is 2.02. The molecule has 1 aliphatic rings. The molecule has 1 heterocycles. The lowest BCUT2D eigenvalue weighted by Crippen LogP contribution is -2.28. The number of hydrogen-bond donors (Lipinski definition) is 0. The molecule has 20 heavy (non-hydrogen) atoms. The monoisotopic (exact) mass is 268 g/mol. The standard InChI is InChI=1S/C17H20N2O/c1-12-16-14(9-17(2,3)10-15(16)20)19(18-12)11-13-7-5-4-6-8-13/h4-8H,9-11H2,1-3H3. The maximum atomic E-state index is 12.3. The molecule has 1 aromatic heterocycles. The largest absolute Gasteiger partial charge is 0.294 e. The number of fused-ring (bicyclic) bond motifs is 1. The van der Waals surface area contributed by atoms with Crippen LogP contribution in [0.15, 0.2) is 30.3 Å². The Bertz CT molecular complexity index is 653. The summed E-state index contributed by atoms with van der Waals surface area (Å²) in [6, 6.07) is 10.3. The minimum absolute atomic E-state index is 0.0327. The van der Waals surface area contributed by atoms with Crippen molar-refractivity contribution in [2.24, 2.45) is 5.41 Å². The molecule has 3 rings (SSSR count). The summed E-state index contributed by atoms with van der Waals surface area (Å²) < 4.78 is 2.01. The van der Waals surface area contributed by atoms with Gasteiger partial charge in [0.05, 0.1) is 23.5 Å². The molecule has 1 aromatic carbocycles. The van der Waals surface area contributed by atoms with Gasteiger partial charge in [-0.2, -0.15) is 5.10 Å². The molecule has 1 aliphatic carbocycles. The van der Waals surface area contributed by atoms with E-state index in [-0.39, 0.29) is 11.2 Å².